The fraction of sp³-hybridized carbons (Fsp3) is 0.185. The van der Waals surface area contributed by atoms with Crippen molar-refractivity contribution in [2.24, 2.45) is 0 Å². The number of fused-ring (bicyclic) bond motifs is 2. The van der Waals surface area contributed by atoms with Crippen LogP contribution in [0.1, 0.15) is 37.0 Å². The lowest BCUT2D eigenvalue weighted by Crippen LogP contribution is -2.11. The Hall–Kier alpha value is -4.06. The normalized spacial score (nSPS) is 14.1. The molecule has 0 spiro atoms. The minimum absolute atomic E-state index is 0.405. The Labute approximate surface area is 190 Å². The van der Waals surface area contributed by atoms with Crippen molar-refractivity contribution in [2.45, 2.75) is 26.7 Å². The number of carbonyl (C=O) groups is 2. The summed E-state index contributed by atoms with van der Waals surface area (Å²) in [7, 11) is 0. The molecule has 6 nitrogen and oxygen atoms in total. The van der Waals surface area contributed by atoms with E-state index < -0.39 is 11.9 Å². The topological polar surface area (TPSA) is 87.9 Å². The van der Waals surface area contributed by atoms with Gasteiger partial charge in [-0.1, -0.05) is 32.0 Å². The van der Waals surface area contributed by atoms with Gasteiger partial charge in [0, 0.05) is 16.1 Å². The Balaban J connectivity index is 1.64. The Morgan fingerprint density at radius 3 is 1.94 bits per heavy atom. The summed E-state index contributed by atoms with van der Waals surface area (Å²) in [5, 5.41) is 1.20. The van der Waals surface area contributed by atoms with Gasteiger partial charge in [0.15, 0.2) is 0 Å². The number of hydrogen-bond donors (Lipinski definition) is 1. The average Bonchev–Trinajstić information content (AvgIpc) is 3.31. The lowest BCUT2D eigenvalue weighted by Gasteiger charge is -2.06. The van der Waals surface area contributed by atoms with E-state index in [9.17, 15) is 9.59 Å². The lowest BCUT2D eigenvalue weighted by molar-refractivity contribution is -0.128. The minimum Gasteiger partial charge on any atom is -0.494 e. The fourth-order valence-electron chi connectivity index (χ4n) is 4.19. The van der Waals surface area contributed by atoms with E-state index in [1.54, 1.807) is 24.3 Å². The summed E-state index contributed by atoms with van der Waals surface area (Å²) in [4.78, 5) is 25.5. The number of aryl methyl sites for hydroxylation is 1. The number of nitrogens with two attached hydrogens (primary N) is 1. The monoisotopic (exact) mass is 441 g/mol. The zero-order valence-electron chi connectivity index (χ0n) is 18.4. The molecule has 2 aliphatic rings. The summed E-state index contributed by atoms with van der Waals surface area (Å²) in [5.41, 5.74) is 9.96. The third-order valence-electron chi connectivity index (χ3n) is 5.86. The zero-order chi connectivity index (χ0) is 23.1. The van der Waals surface area contributed by atoms with E-state index in [1.165, 1.54) is 0 Å². The van der Waals surface area contributed by atoms with Crippen LogP contribution >= 0.6 is 0 Å². The van der Waals surface area contributed by atoms with E-state index in [0.717, 1.165) is 29.7 Å². The molecule has 5 rings (SSSR count). The molecule has 0 unspecified atom stereocenters. The summed E-state index contributed by atoms with van der Waals surface area (Å²) in [5.74, 6) is 0.671. The van der Waals surface area contributed by atoms with Crippen LogP contribution in [0.2, 0.25) is 0 Å². The van der Waals surface area contributed by atoms with Crippen LogP contribution in [0.25, 0.3) is 11.1 Å². The Morgan fingerprint density at radius 1 is 0.788 bits per heavy atom. The van der Waals surface area contributed by atoms with Crippen molar-refractivity contribution in [2.75, 3.05) is 12.3 Å². The second-order valence-electron chi connectivity index (χ2n) is 8.01. The number of anilines is 1. The van der Waals surface area contributed by atoms with Crippen LogP contribution in [-0.2, 0) is 16.0 Å². The molecule has 0 radical (unpaired) electrons. The summed E-state index contributed by atoms with van der Waals surface area (Å²) < 4.78 is 16.8. The van der Waals surface area contributed by atoms with E-state index in [1.807, 2.05) is 44.2 Å². The molecule has 2 heterocycles. The SMILES string of the molecule is CCCOc1ccc(C2=c3cc4c(cc3OC2=O)=C(c2ccc(N)c(CC)c2)C(=O)O4)cc1. The summed E-state index contributed by atoms with van der Waals surface area (Å²) in [6.07, 6.45) is 1.66. The third kappa shape index (κ3) is 3.53. The van der Waals surface area contributed by atoms with Crippen molar-refractivity contribution in [3.63, 3.8) is 0 Å². The second-order valence-corrected chi connectivity index (χ2v) is 8.01. The number of carbonyl (C=O) groups excluding carboxylic acids is 2. The van der Waals surface area contributed by atoms with Gasteiger partial charge in [-0.15, -0.1) is 0 Å². The predicted molar refractivity (Wildman–Crippen MR) is 124 cm³/mol. The molecule has 3 aromatic carbocycles. The van der Waals surface area contributed by atoms with Crippen molar-refractivity contribution in [1.82, 2.24) is 0 Å². The first-order chi connectivity index (χ1) is 16.0. The summed E-state index contributed by atoms with van der Waals surface area (Å²) in [6.45, 7) is 4.68. The molecule has 0 fully saturated rings. The van der Waals surface area contributed by atoms with Crippen molar-refractivity contribution in [3.8, 4) is 17.2 Å². The molecule has 0 bridgehead atoms. The smallest absolute Gasteiger partial charge is 0.344 e. The highest BCUT2D eigenvalue weighted by molar-refractivity contribution is 6.21. The van der Waals surface area contributed by atoms with Crippen LogP contribution in [0.4, 0.5) is 5.69 Å². The van der Waals surface area contributed by atoms with Crippen LogP contribution in [0.3, 0.4) is 0 Å². The van der Waals surface area contributed by atoms with Gasteiger partial charge in [-0.05, 0) is 65.9 Å². The standard InChI is InChI=1S/C27H23NO5/c1-3-11-31-18-8-5-16(6-9-18)24-19-13-23-20(14-22(19)32-26(24)29)25(27(30)33-23)17-7-10-21(28)15(4-2)12-17/h5-10,12-14H,3-4,11,28H2,1-2H3. The third-order valence-corrected chi connectivity index (χ3v) is 5.86. The van der Waals surface area contributed by atoms with Crippen LogP contribution in [0, 0.1) is 0 Å². The Bertz CT molecular complexity index is 1420. The van der Waals surface area contributed by atoms with Gasteiger partial charge >= 0.3 is 11.9 Å². The van der Waals surface area contributed by atoms with Crippen molar-refractivity contribution in [1.29, 1.82) is 0 Å². The highest BCUT2D eigenvalue weighted by atomic mass is 16.5. The van der Waals surface area contributed by atoms with Gasteiger partial charge in [-0.3, -0.25) is 0 Å². The van der Waals surface area contributed by atoms with Crippen LogP contribution in [-0.4, -0.2) is 18.5 Å². The second kappa shape index (κ2) is 8.13. The molecular formula is C27H23NO5. The molecule has 2 N–H and O–H groups in total. The first-order valence-electron chi connectivity index (χ1n) is 11.0. The van der Waals surface area contributed by atoms with Crippen LogP contribution in [0.15, 0.2) is 54.6 Å². The van der Waals surface area contributed by atoms with Gasteiger partial charge in [-0.25, -0.2) is 9.59 Å². The number of esters is 2. The molecule has 0 atom stereocenters. The molecular weight excluding hydrogens is 418 g/mol. The largest absolute Gasteiger partial charge is 0.494 e. The van der Waals surface area contributed by atoms with Crippen molar-refractivity contribution in [3.05, 3.63) is 81.7 Å². The van der Waals surface area contributed by atoms with E-state index >= 15 is 0 Å². The quantitative estimate of drug-likeness (QED) is 0.360. The van der Waals surface area contributed by atoms with Gasteiger partial charge < -0.3 is 19.9 Å². The fourth-order valence-corrected chi connectivity index (χ4v) is 4.19. The van der Waals surface area contributed by atoms with E-state index in [2.05, 4.69) is 0 Å². The maximum Gasteiger partial charge on any atom is 0.344 e. The summed E-state index contributed by atoms with van der Waals surface area (Å²) >= 11 is 0. The average molecular weight is 441 g/mol. The molecule has 0 aromatic heterocycles. The molecule has 0 amide bonds. The molecule has 6 heteroatoms. The van der Waals surface area contributed by atoms with Crippen LogP contribution < -0.4 is 30.4 Å². The number of hydrogen-bond acceptors (Lipinski definition) is 6. The van der Waals surface area contributed by atoms with Gasteiger partial charge in [-0.2, -0.15) is 0 Å². The molecule has 166 valence electrons. The maximum absolute atomic E-state index is 12.8. The number of nitrogen functional groups attached to an aromatic ring is 1. The van der Waals surface area contributed by atoms with Crippen molar-refractivity contribution < 1.29 is 23.8 Å². The van der Waals surface area contributed by atoms with Gasteiger partial charge in [0.05, 0.1) is 17.8 Å². The van der Waals surface area contributed by atoms with E-state index in [0.29, 0.717) is 50.9 Å². The number of rotatable bonds is 6. The van der Waals surface area contributed by atoms with Crippen molar-refractivity contribution >= 4 is 28.8 Å². The number of ether oxygens (including phenoxy) is 3. The zero-order valence-corrected chi connectivity index (χ0v) is 18.4. The molecule has 2 aliphatic heterocycles. The minimum atomic E-state index is -0.440. The molecule has 0 aliphatic carbocycles. The molecule has 0 saturated heterocycles. The first-order valence-corrected chi connectivity index (χ1v) is 11.0. The Kier molecular flexibility index (Phi) is 5.13. The summed E-state index contributed by atoms with van der Waals surface area (Å²) in [6, 6.07) is 16.2. The van der Waals surface area contributed by atoms with Crippen LogP contribution in [0.5, 0.6) is 17.2 Å². The molecule has 0 saturated carbocycles. The highest BCUT2D eigenvalue weighted by Crippen LogP contribution is 2.29. The number of benzene rings is 3. The Morgan fingerprint density at radius 2 is 1.36 bits per heavy atom. The van der Waals surface area contributed by atoms with E-state index in [4.69, 9.17) is 19.9 Å². The van der Waals surface area contributed by atoms with Gasteiger partial charge in [0.25, 0.3) is 0 Å². The molecule has 3 aromatic rings. The van der Waals surface area contributed by atoms with E-state index in [-0.39, 0.29) is 0 Å². The van der Waals surface area contributed by atoms with Gasteiger partial charge in [0.1, 0.15) is 17.2 Å². The molecule has 33 heavy (non-hydrogen) atoms. The predicted octanol–water partition coefficient (Wildman–Crippen LogP) is 2.86. The first kappa shape index (κ1) is 20.8. The highest BCUT2D eigenvalue weighted by Gasteiger charge is 2.30. The maximum atomic E-state index is 12.8. The lowest BCUT2D eigenvalue weighted by atomic mass is 9.98. The van der Waals surface area contributed by atoms with Gasteiger partial charge in [0.2, 0.25) is 0 Å².